The van der Waals surface area contributed by atoms with E-state index in [0.29, 0.717) is 34.7 Å². The maximum absolute atomic E-state index is 13.1. The number of rotatable bonds is 4. The average Bonchev–Trinajstić information content (AvgIpc) is 2.98. The maximum Gasteiger partial charge on any atom is 0.270 e. The minimum absolute atomic E-state index is 0.0462. The highest BCUT2D eigenvalue weighted by atomic mass is 16.6. The SMILES string of the molecule is CC1(C)Oc2ccc([N+](=O)[O-])cc2C(N2Cc3ccccc3C2=O)=C1CNO. The lowest BCUT2D eigenvalue weighted by molar-refractivity contribution is -0.384. The van der Waals surface area contributed by atoms with Gasteiger partial charge >= 0.3 is 0 Å². The van der Waals surface area contributed by atoms with Crippen molar-refractivity contribution in [2.24, 2.45) is 0 Å². The number of hydrogen-bond donors (Lipinski definition) is 2. The fraction of sp³-hybridized carbons (Fsp3) is 0.250. The topological polar surface area (TPSA) is 105 Å². The fourth-order valence-electron chi connectivity index (χ4n) is 3.81. The molecule has 1 amide bonds. The summed E-state index contributed by atoms with van der Waals surface area (Å²) >= 11 is 0. The number of hydrogen-bond acceptors (Lipinski definition) is 6. The van der Waals surface area contributed by atoms with Gasteiger partial charge in [-0.25, -0.2) is 5.48 Å². The number of nitrogens with zero attached hydrogens (tertiary/aromatic N) is 2. The van der Waals surface area contributed by atoms with Gasteiger partial charge in [-0.2, -0.15) is 0 Å². The molecule has 2 N–H and O–H groups in total. The Bertz CT molecular complexity index is 1030. The number of nitrogens with one attached hydrogen (secondary N) is 1. The van der Waals surface area contributed by atoms with Crippen LogP contribution in [0.2, 0.25) is 0 Å². The van der Waals surface area contributed by atoms with Gasteiger partial charge in [0.15, 0.2) is 0 Å². The molecule has 0 fully saturated rings. The summed E-state index contributed by atoms with van der Waals surface area (Å²) in [5.41, 5.74) is 4.31. The highest BCUT2D eigenvalue weighted by Gasteiger charge is 2.41. The minimum atomic E-state index is -0.830. The zero-order chi connectivity index (χ0) is 20.1. The lowest BCUT2D eigenvalue weighted by Gasteiger charge is -2.39. The van der Waals surface area contributed by atoms with Gasteiger partial charge in [-0.15, -0.1) is 0 Å². The molecular formula is C20H19N3O5. The molecule has 0 saturated carbocycles. The highest BCUT2D eigenvalue weighted by molar-refractivity contribution is 6.04. The van der Waals surface area contributed by atoms with Crippen molar-refractivity contribution in [2.45, 2.75) is 26.0 Å². The number of amides is 1. The average molecular weight is 381 g/mol. The second kappa shape index (κ2) is 6.43. The van der Waals surface area contributed by atoms with E-state index in [-0.39, 0.29) is 18.1 Å². The Labute approximate surface area is 161 Å². The van der Waals surface area contributed by atoms with Gasteiger partial charge in [-0.1, -0.05) is 18.2 Å². The first-order valence-corrected chi connectivity index (χ1v) is 8.81. The predicted octanol–water partition coefficient (Wildman–Crippen LogP) is 3.11. The maximum atomic E-state index is 13.1. The molecule has 4 rings (SSSR count). The summed E-state index contributed by atoms with van der Waals surface area (Å²) in [5, 5.41) is 20.7. The van der Waals surface area contributed by atoms with Crippen LogP contribution >= 0.6 is 0 Å². The first kappa shape index (κ1) is 18.1. The third kappa shape index (κ3) is 2.74. The lowest BCUT2D eigenvalue weighted by Crippen LogP contribution is -2.42. The van der Waals surface area contributed by atoms with E-state index in [1.54, 1.807) is 23.1 Å². The van der Waals surface area contributed by atoms with E-state index in [4.69, 9.17) is 4.74 Å². The van der Waals surface area contributed by atoms with E-state index < -0.39 is 10.5 Å². The minimum Gasteiger partial charge on any atom is -0.483 e. The Balaban J connectivity index is 1.94. The van der Waals surface area contributed by atoms with Crippen molar-refractivity contribution >= 4 is 17.3 Å². The second-order valence-electron chi connectivity index (χ2n) is 7.26. The van der Waals surface area contributed by atoms with E-state index in [1.165, 1.54) is 12.1 Å². The molecule has 0 aromatic heterocycles. The van der Waals surface area contributed by atoms with E-state index >= 15 is 0 Å². The van der Waals surface area contributed by atoms with Crippen molar-refractivity contribution < 1.29 is 19.7 Å². The largest absolute Gasteiger partial charge is 0.483 e. The molecule has 8 heteroatoms. The third-order valence-corrected chi connectivity index (χ3v) is 5.15. The molecule has 0 aliphatic carbocycles. The lowest BCUT2D eigenvalue weighted by atomic mass is 9.88. The molecular weight excluding hydrogens is 362 g/mol. The molecule has 2 aromatic rings. The number of nitro benzene ring substituents is 1. The first-order chi connectivity index (χ1) is 13.3. The number of carbonyl (C=O) groups excluding carboxylic acids is 1. The van der Waals surface area contributed by atoms with Crippen molar-refractivity contribution in [3.63, 3.8) is 0 Å². The van der Waals surface area contributed by atoms with Gasteiger partial charge in [0, 0.05) is 35.4 Å². The molecule has 2 heterocycles. The van der Waals surface area contributed by atoms with Crippen LogP contribution in [-0.2, 0) is 6.54 Å². The van der Waals surface area contributed by atoms with Crippen LogP contribution in [0.25, 0.3) is 5.70 Å². The van der Waals surface area contributed by atoms with Crippen molar-refractivity contribution in [1.82, 2.24) is 10.4 Å². The van der Waals surface area contributed by atoms with Crippen LogP contribution in [0.4, 0.5) is 5.69 Å². The smallest absolute Gasteiger partial charge is 0.270 e. The van der Waals surface area contributed by atoms with E-state index in [9.17, 15) is 20.1 Å². The van der Waals surface area contributed by atoms with Gasteiger partial charge in [0.25, 0.3) is 11.6 Å². The predicted molar refractivity (Wildman–Crippen MR) is 101 cm³/mol. The Hall–Kier alpha value is -3.23. The van der Waals surface area contributed by atoms with Gasteiger partial charge in [0.1, 0.15) is 11.4 Å². The number of benzene rings is 2. The zero-order valence-electron chi connectivity index (χ0n) is 15.4. The summed E-state index contributed by atoms with van der Waals surface area (Å²) in [7, 11) is 0. The molecule has 0 bridgehead atoms. The van der Waals surface area contributed by atoms with Gasteiger partial charge in [0.2, 0.25) is 0 Å². The van der Waals surface area contributed by atoms with Crippen LogP contribution in [-0.4, -0.2) is 33.1 Å². The van der Waals surface area contributed by atoms with Crippen LogP contribution in [0.1, 0.15) is 35.3 Å². The van der Waals surface area contributed by atoms with Crippen LogP contribution in [0.3, 0.4) is 0 Å². The van der Waals surface area contributed by atoms with E-state index in [1.807, 2.05) is 26.0 Å². The Morgan fingerprint density at radius 2 is 2.00 bits per heavy atom. The molecule has 144 valence electrons. The van der Waals surface area contributed by atoms with Crippen molar-refractivity contribution in [2.75, 3.05) is 6.54 Å². The Kier molecular flexibility index (Phi) is 4.17. The van der Waals surface area contributed by atoms with Gasteiger partial charge in [-0.3, -0.25) is 14.9 Å². The molecule has 0 saturated heterocycles. The summed E-state index contributed by atoms with van der Waals surface area (Å²) < 4.78 is 6.05. The number of ether oxygens (including phenoxy) is 1. The molecule has 0 atom stereocenters. The highest BCUT2D eigenvalue weighted by Crippen LogP contribution is 2.45. The van der Waals surface area contributed by atoms with Crippen molar-refractivity contribution in [3.05, 3.63) is 74.8 Å². The molecule has 2 aromatic carbocycles. The number of nitro groups is 1. The molecule has 0 spiro atoms. The summed E-state index contributed by atoms with van der Waals surface area (Å²) in [6.45, 7) is 4.05. The van der Waals surface area contributed by atoms with Crippen LogP contribution in [0, 0.1) is 10.1 Å². The molecule has 0 radical (unpaired) electrons. The summed E-state index contributed by atoms with van der Waals surface area (Å²) in [6.07, 6.45) is 0. The summed E-state index contributed by atoms with van der Waals surface area (Å²) in [4.78, 5) is 25.5. The van der Waals surface area contributed by atoms with Crippen LogP contribution in [0.15, 0.2) is 48.0 Å². The van der Waals surface area contributed by atoms with E-state index in [2.05, 4.69) is 5.48 Å². The van der Waals surface area contributed by atoms with Gasteiger partial charge in [0.05, 0.1) is 17.2 Å². The number of hydroxylamine groups is 1. The molecule has 2 aliphatic rings. The third-order valence-electron chi connectivity index (χ3n) is 5.15. The Morgan fingerprint density at radius 3 is 2.68 bits per heavy atom. The fourth-order valence-corrected chi connectivity index (χ4v) is 3.81. The normalized spacial score (nSPS) is 17.2. The Morgan fingerprint density at radius 1 is 1.25 bits per heavy atom. The standard InChI is InChI=1S/C20H19N3O5/c1-20(2)16(10-21-25)18(15-9-13(23(26)27)7-8-17(15)28-20)22-11-12-5-3-4-6-14(12)19(22)24/h3-9,21,25H,10-11H2,1-2H3. The molecule has 8 nitrogen and oxygen atoms in total. The number of non-ortho nitro benzene ring substituents is 1. The zero-order valence-corrected chi connectivity index (χ0v) is 15.4. The summed E-state index contributed by atoms with van der Waals surface area (Å²) in [5.74, 6) is 0.271. The van der Waals surface area contributed by atoms with Crippen LogP contribution in [0.5, 0.6) is 5.75 Å². The number of fused-ring (bicyclic) bond motifs is 2. The first-order valence-electron chi connectivity index (χ1n) is 8.81. The molecule has 0 unspecified atom stereocenters. The van der Waals surface area contributed by atoms with Crippen LogP contribution < -0.4 is 10.2 Å². The van der Waals surface area contributed by atoms with Gasteiger partial charge in [-0.05, 0) is 31.5 Å². The second-order valence-corrected chi connectivity index (χ2v) is 7.26. The van der Waals surface area contributed by atoms with Crippen molar-refractivity contribution in [1.29, 1.82) is 0 Å². The quantitative estimate of drug-likeness (QED) is 0.623. The van der Waals surface area contributed by atoms with Crippen molar-refractivity contribution in [3.8, 4) is 5.75 Å². The van der Waals surface area contributed by atoms with Gasteiger partial charge < -0.3 is 14.8 Å². The monoisotopic (exact) mass is 381 g/mol. The van der Waals surface area contributed by atoms with E-state index in [0.717, 1.165) is 5.56 Å². The summed E-state index contributed by atoms with van der Waals surface area (Å²) in [6, 6.07) is 11.7. The molecule has 28 heavy (non-hydrogen) atoms. The number of carbonyl (C=O) groups is 1. The molecule has 2 aliphatic heterocycles.